The van der Waals surface area contributed by atoms with Gasteiger partial charge in [-0.05, 0) is 25.2 Å². The lowest BCUT2D eigenvalue weighted by Crippen LogP contribution is -2.20. The van der Waals surface area contributed by atoms with Crippen molar-refractivity contribution in [3.63, 3.8) is 0 Å². The maximum Gasteiger partial charge on any atom is 0.305 e. The number of hydrogen-bond donors (Lipinski definition) is 0. The Kier molecular flexibility index (Phi) is 3.86. The molecule has 1 saturated carbocycles. The third kappa shape index (κ3) is 3.13. The Labute approximate surface area is 77.6 Å². The summed E-state index contributed by atoms with van der Waals surface area (Å²) >= 11 is 0. The van der Waals surface area contributed by atoms with Gasteiger partial charge in [-0.25, -0.2) is 0 Å². The highest BCUT2D eigenvalue weighted by atomic mass is 16.5. The Bertz CT molecular complexity index is 193. The Morgan fingerprint density at radius 3 is 2.92 bits per heavy atom. The molecule has 2 atom stereocenters. The Morgan fingerprint density at radius 2 is 2.31 bits per heavy atom. The molecule has 1 rings (SSSR count). The van der Waals surface area contributed by atoms with Crippen molar-refractivity contribution in [2.45, 2.75) is 38.1 Å². The maximum absolute atomic E-state index is 10.9. The SMILES string of the molecule is COC(=O)CC1CCCC(N=O)C1. The summed E-state index contributed by atoms with van der Waals surface area (Å²) in [5, 5.41) is 3.03. The summed E-state index contributed by atoms with van der Waals surface area (Å²) in [5.74, 6) is 0.112. The van der Waals surface area contributed by atoms with E-state index in [1.165, 1.54) is 7.11 Å². The molecule has 0 saturated heterocycles. The first kappa shape index (κ1) is 10.2. The molecular weight excluding hydrogens is 170 g/mol. The van der Waals surface area contributed by atoms with Gasteiger partial charge in [0.15, 0.2) is 0 Å². The first-order chi connectivity index (χ1) is 6.26. The van der Waals surface area contributed by atoms with E-state index >= 15 is 0 Å². The number of nitroso groups, excluding NO2 is 1. The summed E-state index contributed by atoms with van der Waals surface area (Å²) in [6.07, 6.45) is 4.07. The fraction of sp³-hybridized carbons (Fsp3) is 0.889. The van der Waals surface area contributed by atoms with E-state index in [1.54, 1.807) is 0 Å². The number of nitrogens with zero attached hydrogens (tertiary/aromatic N) is 1. The van der Waals surface area contributed by atoms with Gasteiger partial charge in [0.05, 0.1) is 13.2 Å². The van der Waals surface area contributed by atoms with Gasteiger partial charge in [-0.1, -0.05) is 11.6 Å². The predicted molar refractivity (Wildman–Crippen MR) is 48.2 cm³/mol. The van der Waals surface area contributed by atoms with Gasteiger partial charge >= 0.3 is 5.97 Å². The molecule has 1 aliphatic carbocycles. The van der Waals surface area contributed by atoms with Crippen molar-refractivity contribution >= 4 is 5.97 Å². The van der Waals surface area contributed by atoms with Crippen LogP contribution in [0.3, 0.4) is 0 Å². The van der Waals surface area contributed by atoms with Crippen LogP contribution in [0.5, 0.6) is 0 Å². The average Bonchev–Trinajstić information content (AvgIpc) is 2.18. The van der Waals surface area contributed by atoms with E-state index in [2.05, 4.69) is 9.91 Å². The van der Waals surface area contributed by atoms with Crippen molar-refractivity contribution in [3.05, 3.63) is 4.91 Å². The normalized spacial score (nSPS) is 28.1. The molecule has 2 unspecified atom stereocenters. The number of hydrogen-bond acceptors (Lipinski definition) is 4. The topological polar surface area (TPSA) is 55.7 Å². The molecule has 0 spiro atoms. The van der Waals surface area contributed by atoms with Crippen molar-refractivity contribution in [1.82, 2.24) is 0 Å². The molecule has 0 aliphatic heterocycles. The van der Waals surface area contributed by atoms with Crippen LogP contribution in [0.2, 0.25) is 0 Å². The number of methoxy groups -OCH3 is 1. The van der Waals surface area contributed by atoms with Gasteiger partial charge in [-0.3, -0.25) is 4.79 Å². The predicted octanol–water partition coefficient (Wildman–Crippen LogP) is 1.87. The summed E-state index contributed by atoms with van der Waals surface area (Å²) in [6, 6.07) is -0.0802. The average molecular weight is 185 g/mol. The third-order valence-corrected chi connectivity index (χ3v) is 2.59. The van der Waals surface area contributed by atoms with Crippen LogP contribution in [0.1, 0.15) is 32.1 Å². The molecule has 0 aromatic carbocycles. The highest BCUT2D eigenvalue weighted by Gasteiger charge is 2.24. The fourth-order valence-electron chi connectivity index (χ4n) is 1.86. The number of ether oxygens (including phenoxy) is 1. The fourth-order valence-corrected chi connectivity index (χ4v) is 1.86. The number of rotatable bonds is 3. The van der Waals surface area contributed by atoms with Gasteiger partial charge in [0.1, 0.15) is 0 Å². The molecule has 0 heterocycles. The molecule has 0 amide bonds. The van der Waals surface area contributed by atoms with E-state index in [9.17, 15) is 9.70 Å². The van der Waals surface area contributed by atoms with Gasteiger partial charge < -0.3 is 4.74 Å². The van der Waals surface area contributed by atoms with Crippen LogP contribution in [0.4, 0.5) is 0 Å². The minimum Gasteiger partial charge on any atom is -0.469 e. The molecule has 1 aliphatic rings. The van der Waals surface area contributed by atoms with Gasteiger partial charge in [-0.15, -0.1) is 0 Å². The smallest absolute Gasteiger partial charge is 0.305 e. The van der Waals surface area contributed by atoms with Crippen molar-refractivity contribution in [2.75, 3.05) is 7.11 Å². The van der Waals surface area contributed by atoms with Gasteiger partial charge in [0.2, 0.25) is 0 Å². The standard InChI is InChI=1S/C9H15NO3/c1-13-9(11)6-7-3-2-4-8(5-7)10-12/h7-8H,2-6H2,1H3. The van der Waals surface area contributed by atoms with Crippen molar-refractivity contribution in [1.29, 1.82) is 0 Å². The molecule has 1 fully saturated rings. The van der Waals surface area contributed by atoms with Gasteiger partial charge in [0.25, 0.3) is 0 Å². The van der Waals surface area contributed by atoms with E-state index in [0.717, 1.165) is 25.7 Å². The van der Waals surface area contributed by atoms with E-state index in [0.29, 0.717) is 12.3 Å². The summed E-state index contributed by atoms with van der Waals surface area (Å²) in [6.45, 7) is 0. The minimum absolute atomic E-state index is 0.0802. The number of carbonyl (C=O) groups is 1. The molecule has 4 nitrogen and oxygen atoms in total. The lowest BCUT2D eigenvalue weighted by molar-refractivity contribution is -0.142. The Hall–Kier alpha value is -0.930. The quantitative estimate of drug-likeness (QED) is 0.498. The largest absolute Gasteiger partial charge is 0.469 e. The number of carbonyl (C=O) groups excluding carboxylic acids is 1. The van der Waals surface area contributed by atoms with Crippen molar-refractivity contribution in [3.8, 4) is 0 Å². The number of esters is 1. The summed E-state index contributed by atoms with van der Waals surface area (Å²) in [5.41, 5.74) is 0. The monoisotopic (exact) mass is 185 g/mol. The Balaban J connectivity index is 2.33. The van der Waals surface area contributed by atoms with Crippen LogP contribution < -0.4 is 0 Å². The second-order valence-corrected chi connectivity index (χ2v) is 3.57. The minimum atomic E-state index is -0.184. The van der Waals surface area contributed by atoms with E-state index in [4.69, 9.17) is 0 Å². The lowest BCUT2D eigenvalue weighted by Gasteiger charge is -2.23. The second-order valence-electron chi connectivity index (χ2n) is 3.57. The lowest BCUT2D eigenvalue weighted by atomic mass is 9.84. The van der Waals surface area contributed by atoms with Crippen LogP contribution in [0, 0.1) is 10.8 Å². The first-order valence-corrected chi connectivity index (χ1v) is 4.65. The molecule has 0 radical (unpaired) electrons. The van der Waals surface area contributed by atoms with Crippen LogP contribution in [0.15, 0.2) is 5.18 Å². The molecular formula is C9H15NO3. The zero-order valence-electron chi connectivity index (χ0n) is 7.86. The second kappa shape index (κ2) is 4.94. The molecule has 0 aromatic rings. The third-order valence-electron chi connectivity index (χ3n) is 2.59. The van der Waals surface area contributed by atoms with Gasteiger partial charge in [0, 0.05) is 6.42 Å². The molecule has 4 heteroatoms. The van der Waals surface area contributed by atoms with Crippen LogP contribution in [0.25, 0.3) is 0 Å². The highest BCUT2D eigenvalue weighted by Crippen LogP contribution is 2.28. The van der Waals surface area contributed by atoms with E-state index < -0.39 is 0 Å². The molecule has 74 valence electrons. The molecule has 0 aromatic heterocycles. The molecule has 13 heavy (non-hydrogen) atoms. The zero-order chi connectivity index (χ0) is 9.68. The van der Waals surface area contributed by atoms with Gasteiger partial charge in [-0.2, -0.15) is 4.91 Å². The molecule has 0 N–H and O–H groups in total. The Morgan fingerprint density at radius 1 is 1.54 bits per heavy atom. The van der Waals surface area contributed by atoms with Crippen LogP contribution in [-0.4, -0.2) is 19.1 Å². The highest BCUT2D eigenvalue weighted by molar-refractivity contribution is 5.69. The summed E-state index contributed by atoms with van der Waals surface area (Å²) in [4.78, 5) is 21.2. The van der Waals surface area contributed by atoms with E-state index in [-0.39, 0.29) is 12.0 Å². The van der Waals surface area contributed by atoms with Crippen LogP contribution >= 0.6 is 0 Å². The van der Waals surface area contributed by atoms with E-state index in [1.807, 2.05) is 0 Å². The summed E-state index contributed by atoms with van der Waals surface area (Å²) < 4.78 is 4.57. The molecule has 0 bridgehead atoms. The van der Waals surface area contributed by atoms with Crippen LogP contribution in [-0.2, 0) is 9.53 Å². The maximum atomic E-state index is 10.9. The van der Waals surface area contributed by atoms with Crippen molar-refractivity contribution < 1.29 is 9.53 Å². The zero-order valence-corrected chi connectivity index (χ0v) is 7.86. The first-order valence-electron chi connectivity index (χ1n) is 4.65. The summed E-state index contributed by atoms with van der Waals surface area (Å²) in [7, 11) is 1.39. The van der Waals surface area contributed by atoms with Crippen molar-refractivity contribution in [2.24, 2.45) is 11.1 Å².